The van der Waals surface area contributed by atoms with Gasteiger partial charge in [-0.2, -0.15) is 4.37 Å². The molecule has 0 spiro atoms. The minimum absolute atomic E-state index is 0.557. The van der Waals surface area contributed by atoms with Crippen LogP contribution in [0.25, 0.3) is 11.1 Å². The molecule has 0 bridgehead atoms. The van der Waals surface area contributed by atoms with Gasteiger partial charge in [0.05, 0.1) is 9.35 Å². The van der Waals surface area contributed by atoms with Crippen molar-refractivity contribution in [3.8, 4) is 11.1 Å². The van der Waals surface area contributed by atoms with Gasteiger partial charge in [0.1, 0.15) is 10.8 Å². The van der Waals surface area contributed by atoms with Crippen molar-refractivity contribution in [1.82, 2.24) is 9.36 Å². The summed E-state index contributed by atoms with van der Waals surface area (Å²) in [6.07, 6.45) is 3.57. The zero-order valence-electron chi connectivity index (χ0n) is 11.3. The fraction of sp³-hybridized carbons (Fsp3) is 0.143. The molecule has 3 rings (SSSR count). The Bertz CT molecular complexity index is 739. The Labute approximate surface area is 139 Å². The van der Waals surface area contributed by atoms with E-state index in [0.717, 1.165) is 26.5 Å². The van der Waals surface area contributed by atoms with E-state index in [1.54, 1.807) is 17.5 Å². The van der Waals surface area contributed by atoms with Gasteiger partial charge >= 0.3 is 0 Å². The third kappa shape index (κ3) is 3.09. The quantitative estimate of drug-likeness (QED) is 0.734. The van der Waals surface area contributed by atoms with Gasteiger partial charge in [0, 0.05) is 31.5 Å². The van der Waals surface area contributed by atoms with E-state index in [-0.39, 0.29) is 0 Å². The van der Waals surface area contributed by atoms with Crippen LogP contribution in [-0.2, 0) is 6.54 Å². The number of anilines is 2. The molecule has 0 saturated heterocycles. The molecule has 21 heavy (non-hydrogen) atoms. The Morgan fingerprint density at radius 3 is 2.95 bits per heavy atom. The third-order valence-electron chi connectivity index (χ3n) is 3.04. The van der Waals surface area contributed by atoms with E-state index in [4.69, 9.17) is 5.73 Å². The smallest absolute Gasteiger partial charge is 0.147 e. The molecule has 0 aliphatic carbocycles. The highest BCUT2D eigenvalue weighted by atomic mass is 79.9. The van der Waals surface area contributed by atoms with Crippen LogP contribution in [0, 0.1) is 0 Å². The molecule has 0 amide bonds. The molecule has 7 heteroatoms. The van der Waals surface area contributed by atoms with Crippen LogP contribution in [0.5, 0.6) is 0 Å². The molecule has 0 aliphatic heterocycles. The first kappa shape index (κ1) is 14.5. The molecule has 4 nitrogen and oxygen atoms in total. The van der Waals surface area contributed by atoms with Crippen LogP contribution < -0.4 is 10.6 Å². The maximum Gasteiger partial charge on any atom is 0.147 e. The van der Waals surface area contributed by atoms with Gasteiger partial charge in [0.25, 0.3) is 0 Å². The highest BCUT2D eigenvalue weighted by Gasteiger charge is 2.17. The summed E-state index contributed by atoms with van der Waals surface area (Å²) >= 11 is 6.61. The number of nitrogens with two attached hydrogens (primary N) is 1. The van der Waals surface area contributed by atoms with Gasteiger partial charge in [0.2, 0.25) is 0 Å². The van der Waals surface area contributed by atoms with Crippen molar-refractivity contribution in [2.24, 2.45) is 0 Å². The third-order valence-corrected chi connectivity index (χ3v) is 5.57. The van der Waals surface area contributed by atoms with Gasteiger partial charge in [-0.05, 0) is 50.5 Å². The standard InChI is InChI=1S/C14H13BrN4S2/c1-19(7-9-5-11(15)20-8-9)14-12(13(16)18-21-14)10-3-2-4-17-6-10/h2-6,8H,7H2,1H3,(H2,16,18). The zero-order valence-corrected chi connectivity index (χ0v) is 14.5. The summed E-state index contributed by atoms with van der Waals surface area (Å²) in [7, 11) is 2.05. The van der Waals surface area contributed by atoms with Crippen molar-refractivity contribution in [2.45, 2.75) is 6.54 Å². The first-order valence-corrected chi connectivity index (χ1v) is 8.69. The van der Waals surface area contributed by atoms with Gasteiger partial charge in [-0.3, -0.25) is 4.98 Å². The maximum atomic E-state index is 6.05. The monoisotopic (exact) mass is 380 g/mol. The van der Waals surface area contributed by atoms with Crippen molar-refractivity contribution in [1.29, 1.82) is 0 Å². The Morgan fingerprint density at radius 1 is 1.43 bits per heavy atom. The second kappa shape index (κ2) is 6.13. The van der Waals surface area contributed by atoms with E-state index in [9.17, 15) is 0 Å². The molecule has 108 valence electrons. The Balaban J connectivity index is 1.92. The van der Waals surface area contributed by atoms with Gasteiger partial charge in [-0.1, -0.05) is 6.07 Å². The SMILES string of the molecule is CN(Cc1csc(Br)c1)c1snc(N)c1-c1cccnc1. The highest BCUT2D eigenvalue weighted by molar-refractivity contribution is 9.11. The summed E-state index contributed by atoms with van der Waals surface area (Å²) in [6.45, 7) is 0.816. The van der Waals surface area contributed by atoms with Crippen LogP contribution >= 0.6 is 38.8 Å². The number of aromatic nitrogens is 2. The minimum Gasteiger partial charge on any atom is -0.382 e. The first-order valence-electron chi connectivity index (χ1n) is 6.24. The maximum absolute atomic E-state index is 6.05. The average Bonchev–Trinajstić information content (AvgIpc) is 3.06. The predicted molar refractivity (Wildman–Crippen MR) is 93.9 cm³/mol. The van der Waals surface area contributed by atoms with E-state index >= 15 is 0 Å². The van der Waals surface area contributed by atoms with Gasteiger partial charge in [-0.25, -0.2) is 0 Å². The second-order valence-electron chi connectivity index (χ2n) is 4.60. The van der Waals surface area contributed by atoms with Crippen LogP contribution in [0.4, 0.5) is 10.8 Å². The van der Waals surface area contributed by atoms with E-state index in [2.05, 4.69) is 48.7 Å². The Morgan fingerprint density at radius 2 is 2.29 bits per heavy atom. The topological polar surface area (TPSA) is 55.0 Å². The zero-order chi connectivity index (χ0) is 14.8. The van der Waals surface area contributed by atoms with Crippen molar-refractivity contribution in [3.63, 3.8) is 0 Å². The largest absolute Gasteiger partial charge is 0.382 e. The molecule has 0 radical (unpaired) electrons. The average molecular weight is 381 g/mol. The number of halogens is 1. The number of rotatable bonds is 4. The van der Waals surface area contributed by atoms with E-state index in [0.29, 0.717) is 5.82 Å². The van der Waals surface area contributed by atoms with Crippen LogP contribution in [0.2, 0.25) is 0 Å². The second-order valence-corrected chi connectivity index (χ2v) is 7.65. The summed E-state index contributed by atoms with van der Waals surface area (Å²) in [6, 6.07) is 6.05. The van der Waals surface area contributed by atoms with Crippen molar-refractivity contribution >= 4 is 49.6 Å². The predicted octanol–water partition coefficient (Wildman–Crippen LogP) is 4.25. The lowest BCUT2D eigenvalue weighted by atomic mass is 10.1. The number of pyridine rings is 1. The number of hydrogen-bond acceptors (Lipinski definition) is 6. The summed E-state index contributed by atoms with van der Waals surface area (Å²) in [5.74, 6) is 0.557. The normalized spacial score (nSPS) is 10.8. The van der Waals surface area contributed by atoms with Crippen molar-refractivity contribution in [3.05, 3.63) is 45.3 Å². The summed E-state index contributed by atoms with van der Waals surface area (Å²) < 4.78 is 5.45. The first-order chi connectivity index (χ1) is 10.1. The fourth-order valence-electron chi connectivity index (χ4n) is 2.11. The van der Waals surface area contributed by atoms with Crippen molar-refractivity contribution in [2.75, 3.05) is 17.7 Å². The Kier molecular flexibility index (Phi) is 4.23. The molecule has 0 saturated carbocycles. The van der Waals surface area contributed by atoms with Crippen LogP contribution in [0.15, 0.2) is 39.8 Å². The molecule has 3 heterocycles. The molecule has 0 fully saturated rings. The summed E-state index contributed by atoms with van der Waals surface area (Å²) in [5, 5.41) is 3.21. The lowest BCUT2D eigenvalue weighted by Crippen LogP contribution is -2.15. The summed E-state index contributed by atoms with van der Waals surface area (Å²) in [5.41, 5.74) is 9.27. The molecular weight excluding hydrogens is 368 g/mol. The van der Waals surface area contributed by atoms with E-state index < -0.39 is 0 Å². The number of hydrogen-bond donors (Lipinski definition) is 1. The summed E-state index contributed by atoms with van der Waals surface area (Å²) in [4.78, 5) is 6.34. The van der Waals surface area contributed by atoms with Crippen molar-refractivity contribution < 1.29 is 0 Å². The lowest BCUT2D eigenvalue weighted by molar-refractivity contribution is 0.940. The fourth-order valence-corrected chi connectivity index (χ4v) is 4.10. The van der Waals surface area contributed by atoms with Crippen LogP contribution in [-0.4, -0.2) is 16.4 Å². The molecule has 3 aromatic rings. The Hall–Kier alpha value is -1.44. The molecular formula is C14H13BrN4S2. The molecule has 0 atom stereocenters. The molecule has 2 N–H and O–H groups in total. The van der Waals surface area contributed by atoms with Gasteiger partial charge in [-0.15, -0.1) is 11.3 Å². The van der Waals surface area contributed by atoms with Crippen LogP contribution in [0.1, 0.15) is 5.56 Å². The lowest BCUT2D eigenvalue weighted by Gasteiger charge is -2.18. The van der Waals surface area contributed by atoms with Crippen LogP contribution in [0.3, 0.4) is 0 Å². The van der Waals surface area contributed by atoms with E-state index in [1.807, 2.05) is 18.3 Å². The number of nitrogen functional groups attached to an aromatic ring is 1. The molecule has 0 aliphatic rings. The van der Waals surface area contributed by atoms with E-state index in [1.165, 1.54) is 17.1 Å². The molecule has 0 aromatic carbocycles. The number of nitrogens with zero attached hydrogens (tertiary/aromatic N) is 3. The molecule has 3 aromatic heterocycles. The number of thiophene rings is 1. The van der Waals surface area contributed by atoms with Gasteiger partial charge in [0.15, 0.2) is 0 Å². The molecule has 0 unspecified atom stereocenters. The van der Waals surface area contributed by atoms with Gasteiger partial charge < -0.3 is 10.6 Å². The minimum atomic E-state index is 0.557. The highest BCUT2D eigenvalue weighted by Crippen LogP contribution is 2.39.